The summed E-state index contributed by atoms with van der Waals surface area (Å²) in [7, 11) is 0. The number of hydrogen-bond acceptors (Lipinski definition) is 2. The Hall–Kier alpha value is -7.39. The fourth-order valence-electron chi connectivity index (χ4n) is 10.1. The van der Waals surface area contributed by atoms with E-state index < -0.39 is 5.41 Å². The van der Waals surface area contributed by atoms with E-state index in [4.69, 9.17) is 0 Å². The maximum absolute atomic E-state index is 2.41. The predicted octanol–water partition coefficient (Wildman–Crippen LogP) is 16.1. The minimum absolute atomic E-state index is 0.451. The predicted molar refractivity (Wildman–Crippen MR) is 256 cm³/mol. The fraction of sp³-hybridized carbons (Fsp3) is 0.0169. The van der Waals surface area contributed by atoms with Crippen molar-refractivity contribution in [2.45, 2.75) is 15.2 Å². The van der Waals surface area contributed by atoms with Crippen LogP contribution in [0.2, 0.25) is 0 Å². The van der Waals surface area contributed by atoms with Crippen LogP contribution in [0.15, 0.2) is 246 Å². The molecule has 1 atom stereocenters. The number of anilines is 3. The molecule has 0 amide bonds. The summed E-state index contributed by atoms with van der Waals surface area (Å²) in [6.07, 6.45) is 0. The number of hydrogen-bond donors (Lipinski definition) is 0. The van der Waals surface area contributed by atoms with Crippen LogP contribution >= 0.6 is 11.8 Å². The van der Waals surface area contributed by atoms with Gasteiger partial charge in [0.05, 0.1) is 11.1 Å². The van der Waals surface area contributed by atoms with Crippen molar-refractivity contribution < 1.29 is 0 Å². The van der Waals surface area contributed by atoms with E-state index in [0.29, 0.717) is 0 Å². The van der Waals surface area contributed by atoms with E-state index in [9.17, 15) is 0 Å². The highest BCUT2D eigenvalue weighted by molar-refractivity contribution is 7.99. The fourth-order valence-corrected chi connectivity index (χ4v) is 11.4. The van der Waals surface area contributed by atoms with Crippen LogP contribution in [-0.2, 0) is 5.41 Å². The van der Waals surface area contributed by atoms with Gasteiger partial charge in [-0.1, -0.05) is 212 Å². The highest BCUT2D eigenvalue weighted by Crippen LogP contribution is 2.64. The third kappa shape index (κ3) is 5.57. The molecule has 1 aliphatic carbocycles. The van der Waals surface area contributed by atoms with Crippen molar-refractivity contribution in [2.24, 2.45) is 0 Å². The summed E-state index contributed by atoms with van der Waals surface area (Å²) in [4.78, 5) is 5.02. The summed E-state index contributed by atoms with van der Waals surface area (Å²) in [5, 5.41) is 2.58. The summed E-state index contributed by atoms with van der Waals surface area (Å²) < 4.78 is 0. The largest absolute Gasteiger partial charge is 0.310 e. The van der Waals surface area contributed by atoms with Crippen molar-refractivity contribution in [3.63, 3.8) is 0 Å². The number of nitrogens with zero attached hydrogens (tertiary/aromatic N) is 1. The lowest BCUT2D eigenvalue weighted by atomic mass is 9.67. The molecule has 1 spiro atoms. The van der Waals surface area contributed by atoms with E-state index in [1.807, 2.05) is 11.8 Å². The van der Waals surface area contributed by atoms with Crippen molar-refractivity contribution in [2.75, 3.05) is 4.90 Å². The summed E-state index contributed by atoms with van der Waals surface area (Å²) >= 11 is 1.91. The molecule has 0 aromatic heterocycles. The first-order valence-corrected chi connectivity index (χ1v) is 21.8. The van der Waals surface area contributed by atoms with Gasteiger partial charge in [-0.05, 0) is 108 Å². The van der Waals surface area contributed by atoms with Gasteiger partial charge in [-0.15, -0.1) is 0 Å². The molecule has 0 fully saturated rings. The van der Waals surface area contributed by atoms with E-state index in [1.165, 1.54) is 87.3 Å². The van der Waals surface area contributed by atoms with Crippen LogP contribution in [0.1, 0.15) is 22.3 Å². The Morgan fingerprint density at radius 1 is 0.328 bits per heavy atom. The summed E-state index contributed by atoms with van der Waals surface area (Å²) in [6.45, 7) is 0. The third-order valence-corrected chi connectivity index (χ3v) is 14.0. The molecule has 2 aliphatic rings. The smallest absolute Gasteiger partial charge is 0.0735 e. The molecule has 0 N–H and O–H groups in total. The SMILES string of the molecule is c1ccc(-c2ccc(N(c3ccc(-c4cccc5c4Sc4ccccc4C54c5ccccc5-c5c4ccc4ccccc54)cc3)c3ccccc3-c3ccccc3)cc2)cc1. The Labute approximate surface area is 361 Å². The second kappa shape index (κ2) is 14.4. The highest BCUT2D eigenvalue weighted by Gasteiger charge is 2.51. The number of benzene rings is 10. The first-order chi connectivity index (χ1) is 30.3. The van der Waals surface area contributed by atoms with Crippen molar-refractivity contribution in [1.82, 2.24) is 0 Å². The number of rotatable bonds is 6. The maximum Gasteiger partial charge on any atom is 0.0735 e. The third-order valence-electron chi connectivity index (χ3n) is 12.8. The van der Waals surface area contributed by atoms with Gasteiger partial charge in [-0.25, -0.2) is 0 Å². The van der Waals surface area contributed by atoms with Crippen LogP contribution < -0.4 is 4.90 Å². The van der Waals surface area contributed by atoms with Gasteiger partial charge < -0.3 is 4.90 Å². The molecule has 10 aromatic rings. The van der Waals surface area contributed by atoms with Gasteiger partial charge in [0.1, 0.15) is 0 Å². The first-order valence-electron chi connectivity index (χ1n) is 21.0. The normalized spacial score (nSPS) is 14.6. The summed E-state index contributed by atoms with van der Waals surface area (Å²) in [5.74, 6) is 0. The second-order valence-electron chi connectivity index (χ2n) is 16.0. The van der Waals surface area contributed by atoms with Crippen molar-refractivity contribution >= 4 is 39.6 Å². The number of fused-ring (bicyclic) bond motifs is 11. The van der Waals surface area contributed by atoms with Gasteiger partial charge in [0.15, 0.2) is 0 Å². The lowest BCUT2D eigenvalue weighted by Gasteiger charge is -2.40. The molecule has 1 nitrogen and oxygen atoms in total. The van der Waals surface area contributed by atoms with Gasteiger partial charge in [0.25, 0.3) is 0 Å². The Morgan fingerprint density at radius 2 is 0.869 bits per heavy atom. The van der Waals surface area contributed by atoms with Gasteiger partial charge >= 0.3 is 0 Å². The van der Waals surface area contributed by atoms with E-state index in [0.717, 1.165) is 17.1 Å². The van der Waals surface area contributed by atoms with E-state index in [1.54, 1.807) is 0 Å². The van der Waals surface area contributed by atoms with Crippen LogP contribution in [0.4, 0.5) is 17.1 Å². The molecule has 0 bridgehead atoms. The zero-order valence-electron chi connectivity index (χ0n) is 33.4. The monoisotopic (exact) mass is 793 g/mol. The molecular weight excluding hydrogens is 755 g/mol. The Kier molecular flexibility index (Phi) is 8.40. The molecule has 10 aromatic carbocycles. The van der Waals surface area contributed by atoms with Gasteiger partial charge in [-0.3, -0.25) is 0 Å². The Bertz CT molecular complexity index is 3260. The van der Waals surface area contributed by atoms with Crippen LogP contribution in [0.5, 0.6) is 0 Å². The van der Waals surface area contributed by atoms with Crippen LogP contribution in [0, 0.1) is 0 Å². The van der Waals surface area contributed by atoms with E-state index >= 15 is 0 Å². The molecule has 2 heteroatoms. The molecule has 0 saturated heterocycles. The molecule has 286 valence electrons. The summed E-state index contributed by atoms with van der Waals surface area (Å²) in [5.41, 5.74) is 18.2. The van der Waals surface area contributed by atoms with E-state index in [-0.39, 0.29) is 0 Å². The quantitative estimate of drug-likeness (QED) is 0.165. The Morgan fingerprint density at radius 3 is 1.64 bits per heavy atom. The molecule has 1 aliphatic heterocycles. The van der Waals surface area contributed by atoms with Crippen molar-refractivity contribution in [1.29, 1.82) is 0 Å². The first kappa shape index (κ1) is 35.5. The van der Waals surface area contributed by atoms with Crippen molar-refractivity contribution in [3.05, 3.63) is 259 Å². The van der Waals surface area contributed by atoms with Crippen LogP contribution in [-0.4, -0.2) is 0 Å². The average Bonchev–Trinajstić information content (AvgIpc) is 3.64. The summed E-state index contributed by atoms with van der Waals surface area (Å²) in [6, 6.07) is 87.1. The van der Waals surface area contributed by atoms with Gasteiger partial charge in [0.2, 0.25) is 0 Å². The molecular formula is C59H39NS. The minimum Gasteiger partial charge on any atom is -0.310 e. The molecule has 12 rings (SSSR count). The highest BCUT2D eigenvalue weighted by atomic mass is 32.2. The average molecular weight is 794 g/mol. The second-order valence-corrected chi connectivity index (χ2v) is 17.0. The van der Waals surface area contributed by atoms with Crippen molar-refractivity contribution in [3.8, 4) is 44.5 Å². The van der Waals surface area contributed by atoms with E-state index in [2.05, 4.69) is 241 Å². The molecule has 1 heterocycles. The molecule has 61 heavy (non-hydrogen) atoms. The maximum atomic E-state index is 2.41. The van der Waals surface area contributed by atoms with Gasteiger partial charge in [-0.2, -0.15) is 0 Å². The number of para-hydroxylation sites is 1. The molecule has 0 radical (unpaired) electrons. The lowest BCUT2D eigenvalue weighted by molar-refractivity contribution is 0.724. The molecule has 0 saturated carbocycles. The zero-order chi connectivity index (χ0) is 40.3. The minimum atomic E-state index is -0.451. The van der Waals surface area contributed by atoms with Crippen LogP contribution in [0.25, 0.3) is 55.3 Å². The lowest BCUT2D eigenvalue weighted by Crippen LogP contribution is -2.32. The topological polar surface area (TPSA) is 3.24 Å². The van der Waals surface area contributed by atoms with Gasteiger partial charge in [0, 0.05) is 26.7 Å². The Balaban J connectivity index is 1.02. The molecule has 1 unspecified atom stereocenters. The van der Waals surface area contributed by atoms with Crippen LogP contribution in [0.3, 0.4) is 0 Å². The zero-order valence-corrected chi connectivity index (χ0v) is 34.2. The standard InChI is InChI=1S/C59H39NS/c1-3-16-40(17-4-1)41-30-35-45(36-31-41)60(55-28-13-10-21-47(55)42-18-5-2-6-19-42)46-37-32-44(33-38-46)49-24-15-27-54-58(49)61-56-29-14-12-26-52(56)59(54)51-25-11-9-23-50(51)57-48-22-8-7-20-43(48)34-39-53(57)59/h1-39H.